The van der Waals surface area contributed by atoms with Crippen LogP contribution in [0.2, 0.25) is 0 Å². The molecule has 0 saturated heterocycles. The lowest BCUT2D eigenvalue weighted by molar-refractivity contribution is -0.384. The maximum absolute atomic E-state index is 12.3. The highest BCUT2D eigenvalue weighted by Gasteiger charge is 2.13. The van der Waals surface area contributed by atoms with E-state index < -0.39 is 10.8 Å². The van der Waals surface area contributed by atoms with Gasteiger partial charge in [-0.2, -0.15) is 5.10 Å². The van der Waals surface area contributed by atoms with Crippen molar-refractivity contribution in [2.75, 3.05) is 6.61 Å². The third-order valence-electron chi connectivity index (χ3n) is 3.68. The molecule has 3 rings (SSSR count). The molecule has 2 N–H and O–H groups in total. The second kappa shape index (κ2) is 8.36. The number of thiophene rings is 1. The van der Waals surface area contributed by atoms with Gasteiger partial charge in [0, 0.05) is 32.3 Å². The minimum absolute atomic E-state index is 0.00530. The molecule has 8 nitrogen and oxygen atoms in total. The van der Waals surface area contributed by atoms with E-state index in [4.69, 9.17) is 4.74 Å². The van der Waals surface area contributed by atoms with Gasteiger partial charge in [0.1, 0.15) is 0 Å². The SMILES string of the molecule is CCOc1cc(C=NNC(=O)c2cc3cc([N+](=O)[O-])ccc3s2)c(Br)cc1O. The van der Waals surface area contributed by atoms with Crippen LogP contribution >= 0.6 is 27.3 Å². The van der Waals surface area contributed by atoms with Crippen molar-refractivity contribution < 1.29 is 19.6 Å². The molecule has 0 spiro atoms. The fourth-order valence-electron chi connectivity index (χ4n) is 2.40. The summed E-state index contributed by atoms with van der Waals surface area (Å²) in [4.78, 5) is 23.1. The van der Waals surface area contributed by atoms with E-state index in [1.165, 1.54) is 35.8 Å². The van der Waals surface area contributed by atoms with E-state index in [-0.39, 0.29) is 11.4 Å². The molecule has 0 atom stereocenters. The van der Waals surface area contributed by atoms with Crippen molar-refractivity contribution >= 4 is 55.2 Å². The number of fused-ring (bicyclic) bond motifs is 1. The predicted octanol–water partition coefficient (Wildman–Crippen LogP) is 4.44. The molecule has 2 aromatic carbocycles. The van der Waals surface area contributed by atoms with E-state index in [9.17, 15) is 20.0 Å². The quantitative estimate of drug-likeness (QED) is 0.318. The summed E-state index contributed by atoms with van der Waals surface area (Å²) in [6.07, 6.45) is 1.42. The number of nitrogens with one attached hydrogen (secondary N) is 1. The number of ether oxygens (including phenoxy) is 1. The number of nitro benzene ring substituents is 1. The van der Waals surface area contributed by atoms with E-state index in [1.54, 1.807) is 25.1 Å². The first kappa shape index (κ1) is 19.8. The van der Waals surface area contributed by atoms with E-state index in [1.807, 2.05) is 0 Å². The lowest BCUT2D eigenvalue weighted by Crippen LogP contribution is -2.16. The van der Waals surface area contributed by atoms with Gasteiger partial charge < -0.3 is 9.84 Å². The number of phenols is 1. The maximum atomic E-state index is 12.3. The Bertz CT molecular complexity index is 1100. The average Bonchev–Trinajstić information content (AvgIpc) is 3.08. The van der Waals surface area contributed by atoms with Crippen molar-refractivity contribution in [2.45, 2.75) is 6.92 Å². The molecule has 0 saturated carbocycles. The zero-order valence-corrected chi connectivity index (χ0v) is 16.9. The number of phenolic OH excluding ortho intramolecular Hbond substituents is 1. The van der Waals surface area contributed by atoms with Gasteiger partial charge in [0.15, 0.2) is 11.5 Å². The number of amides is 1. The number of benzene rings is 2. The topological polar surface area (TPSA) is 114 Å². The van der Waals surface area contributed by atoms with Gasteiger partial charge in [-0.15, -0.1) is 11.3 Å². The highest BCUT2D eigenvalue weighted by molar-refractivity contribution is 9.10. The summed E-state index contributed by atoms with van der Waals surface area (Å²) in [5, 5.41) is 25.2. The Labute approximate surface area is 171 Å². The average molecular weight is 464 g/mol. The van der Waals surface area contributed by atoms with Crippen LogP contribution in [0.15, 0.2) is 46.0 Å². The molecule has 1 heterocycles. The van der Waals surface area contributed by atoms with Crippen LogP contribution in [0.5, 0.6) is 11.5 Å². The molecule has 144 valence electrons. The third kappa shape index (κ3) is 4.29. The molecule has 0 unspecified atom stereocenters. The third-order valence-corrected chi connectivity index (χ3v) is 5.48. The van der Waals surface area contributed by atoms with Crippen LogP contribution in [0.1, 0.15) is 22.2 Å². The van der Waals surface area contributed by atoms with Crippen LogP contribution in [0.4, 0.5) is 5.69 Å². The van der Waals surface area contributed by atoms with Crippen molar-refractivity contribution in [1.29, 1.82) is 0 Å². The number of carbonyl (C=O) groups is 1. The van der Waals surface area contributed by atoms with Gasteiger partial charge in [0.05, 0.1) is 22.6 Å². The molecular formula is C18H14BrN3O5S. The fourth-order valence-corrected chi connectivity index (χ4v) is 3.77. The van der Waals surface area contributed by atoms with Gasteiger partial charge in [0.2, 0.25) is 0 Å². The summed E-state index contributed by atoms with van der Waals surface area (Å²) in [5.41, 5.74) is 3.00. The van der Waals surface area contributed by atoms with Crippen molar-refractivity contribution in [3.05, 3.63) is 61.4 Å². The minimum atomic E-state index is -0.479. The predicted molar refractivity (Wildman–Crippen MR) is 111 cm³/mol. The fraction of sp³-hybridized carbons (Fsp3) is 0.111. The van der Waals surface area contributed by atoms with Gasteiger partial charge in [-0.25, -0.2) is 5.43 Å². The highest BCUT2D eigenvalue weighted by atomic mass is 79.9. The summed E-state index contributed by atoms with van der Waals surface area (Å²) in [6.45, 7) is 2.20. The van der Waals surface area contributed by atoms with Crippen LogP contribution < -0.4 is 10.2 Å². The molecule has 1 aromatic heterocycles. The second-order valence-corrected chi connectivity index (χ2v) is 7.50. The molecule has 28 heavy (non-hydrogen) atoms. The lowest BCUT2D eigenvalue weighted by atomic mass is 10.2. The zero-order valence-electron chi connectivity index (χ0n) is 14.5. The number of halogens is 1. The van der Waals surface area contributed by atoms with Crippen LogP contribution in [-0.4, -0.2) is 28.8 Å². The van der Waals surface area contributed by atoms with Gasteiger partial charge in [-0.3, -0.25) is 14.9 Å². The second-order valence-electron chi connectivity index (χ2n) is 5.56. The number of rotatable bonds is 6. The number of hydrazone groups is 1. The lowest BCUT2D eigenvalue weighted by Gasteiger charge is -2.08. The molecule has 0 fully saturated rings. The molecule has 10 heteroatoms. The minimum Gasteiger partial charge on any atom is -0.504 e. The zero-order chi connectivity index (χ0) is 20.3. The Balaban J connectivity index is 1.76. The van der Waals surface area contributed by atoms with Crippen LogP contribution in [0, 0.1) is 10.1 Å². The number of aromatic hydroxyl groups is 1. The number of nitrogens with zero attached hydrogens (tertiary/aromatic N) is 2. The van der Waals surface area contributed by atoms with Gasteiger partial charge in [-0.1, -0.05) is 0 Å². The Morgan fingerprint density at radius 3 is 2.89 bits per heavy atom. The molecule has 0 radical (unpaired) electrons. The van der Waals surface area contributed by atoms with Gasteiger partial charge >= 0.3 is 0 Å². The molecule has 0 aliphatic heterocycles. The maximum Gasteiger partial charge on any atom is 0.281 e. The summed E-state index contributed by atoms with van der Waals surface area (Å²) in [5.74, 6) is -0.126. The first-order chi connectivity index (χ1) is 13.4. The number of nitro groups is 1. The summed E-state index contributed by atoms with van der Waals surface area (Å²) < 4.78 is 6.67. The van der Waals surface area contributed by atoms with Crippen molar-refractivity contribution in [2.24, 2.45) is 5.10 Å². The molecule has 0 aliphatic rings. The summed E-state index contributed by atoms with van der Waals surface area (Å²) >= 11 is 4.53. The van der Waals surface area contributed by atoms with Crippen molar-refractivity contribution in [3.8, 4) is 11.5 Å². The first-order valence-electron chi connectivity index (χ1n) is 8.05. The van der Waals surface area contributed by atoms with E-state index >= 15 is 0 Å². The monoisotopic (exact) mass is 463 g/mol. The Kier molecular flexibility index (Phi) is 5.90. The smallest absolute Gasteiger partial charge is 0.281 e. The Hall–Kier alpha value is -2.98. The molecule has 3 aromatic rings. The number of non-ortho nitro benzene ring substituents is 1. The van der Waals surface area contributed by atoms with Crippen LogP contribution in [-0.2, 0) is 0 Å². The molecule has 0 bridgehead atoms. The number of hydrogen-bond acceptors (Lipinski definition) is 7. The molecule has 1 amide bonds. The number of hydrogen-bond donors (Lipinski definition) is 2. The molecular weight excluding hydrogens is 450 g/mol. The number of carbonyl (C=O) groups excluding carboxylic acids is 1. The van der Waals surface area contributed by atoms with E-state index in [2.05, 4.69) is 26.5 Å². The van der Waals surface area contributed by atoms with E-state index in [0.717, 1.165) is 4.70 Å². The highest BCUT2D eigenvalue weighted by Crippen LogP contribution is 2.32. The Morgan fingerprint density at radius 1 is 1.39 bits per heavy atom. The van der Waals surface area contributed by atoms with Crippen molar-refractivity contribution in [1.82, 2.24) is 5.43 Å². The summed E-state index contributed by atoms with van der Waals surface area (Å²) in [7, 11) is 0. The van der Waals surface area contributed by atoms with Crippen molar-refractivity contribution in [3.63, 3.8) is 0 Å². The Morgan fingerprint density at radius 2 is 2.18 bits per heavy atom. The largest absolute Gasteiger partial charge is 0.504 e. The van der Waals surface area contributed by atoms with Crippen LogP contribution in [0.3, 0.4) is 0 Å². The van der Waals surface area contributed by atoms with E-state index in [0.29, 0.717) is 32.7 Å². The summed E-state index contributed by atoms with van der Waals surface area (Å²) in [6, 6.07) is 9.10. The standard InChI is InChI=1S/C18H14BrN3O5S/c1-2-27-15-6-11(13(19)8-14(15)23)9-20-21-18(24)17-7-10-5-12(22(25)26)3-4-16(10)28-17/h3-9,23H,2H2,1H3,(H,21,24). The van der Waals surface area contributed by atoms with Gasteiger partial charge in [-0.05, 0) is 47.1 Å². The molecule has 0 aliphatic carbocycles. The first-order valence-corrected chi connectivity index (χ1v) is 9.66. The van der Waals surface area contributed by atoms with Crippen LogP contribution in [0.25, 0.3) is 10.1 Å². The van der Waals surface area contributed by atoms with Gasteiger partial charge in [0.25, 0.3) is 11.6 Å². The normalized spacial score (nSPS) is 11.1.